The molecule has 1 heterocycles. The third kappa shape index (κ3) is 20.4. The largest absolute Gasteiger partial charge is 0.416 e. The summed E-state index contributed by atoms with van der Waals surface area (Å²) in [5, 5.41) is 8.72. The Morgan fingerprint density at radius 2 is 0.780 bits per heavy atom. The third-order valence-electron chi connectivity index (χ3n) is 20.7. The number of ketones is 1. The predicted molar refractivity (Wildman–Crippen MR) is 447 cm³/mol. The highest BCUT2D eigenvalue weighted by Gasteiger charge is 2.32. The van der Waals surface area contributed by atoms with Gasteiger partial charge < -0.3 is 28.3 Å². The van der Waals surface area contributed by atoms with E-state index >= 15 is 0 Å². The van der Waals surface area contributed by atoms with Crippen LogP contribution in [0.1, 0.15) is 122 Å². The number of carbonyl (C=O) groups is 1. The first-order valence-corrected chi connectivity index (χ1v) is 38.3. The molecule has 0 aliphatic carbocycles. The Bertz CT molecular complexity index is 4940. The lowest BCUT2D eigenvalue weighted by molar-refractivity contribution is -0.213. The minimum absolute atomic E-state index is 0.0582. The molecule has 9 nitrogen and oxygen atoms in total. The van der Waals surface area contributed by atoms with Gasteiger partial charge in [-0.25, -0.2) is 0 Å². The molecule has 12 aromatic carbocycles. The first-order chi connectivity index (χ1) is 53.3. The van der Waals surface area contributed by atoms with E-state index < -0.39 is 18.0 Å². The summed E-state index contributed by atoms with van der Waals surface area (Å²) in [5.41, 5.74) is 22.9. The second kappa shape index (κ2) is 36.9. The number of methoxy groups -OCH3 is 1. The van der Waals surface area contributed by atoms with Gasteiger partial charge in [-0.15, -0.1) is 10.2 Å². The van der Waals surface area contributed by atoms with Crippen LogP contribution >= 0.6 is 0 Å². The van der Waals surface area contributed by atoms with Gasteiger partial charge in [-0.3, -0.25) is 4.79 Å². The molecule has 13 aromatic rings. The van der Waals surface area contributed by atoms with Gasteiger partial charge in [0.05, 0.1) is 13.2 Å². The van der Waals surface area contributed by atoms with Crippen LogP contribution in [0.2, 0.25) is 0 Å². The number of hydrogen-bond donors (Lipinski definition) is 0. The Kier molecular flexibility index (Phi) is 25.7. The van der Waals surface area contributed by atoms with Crippen molar-refractivity contribution in [2.24, 2.45) is 5.41 Å². The van der Waals surface area contributed by atoms with E-state index in [-0.39, 0.29) is 17.8 Å². The molecule has 1 aromatic heterocycles. The van der Waals surface area contributed by atoms with Crippen molar-refractivity contribution < 1.29 is 28.2 Å². The maximum Gasteiger partial charge on any atom is 0.248 e. The van der Waals surface area contributed by atoms with Gasteiger partial charge in [-0.1, -0.05) is 295 Å². The van der Waals surface area contributed by atoms with E-state index in [1.165, 1.54) is 27.8 Å². The predicted octanol–water partition coefficient (Wildman–Crippen LogP) is 24.6. The SMILES string of the molecule is CCC(C)(CCC(OCCc1ccc(C(=Cc2ccc(-c3ccc(C=C(c4ccccc4)c4ccccc4)cc3)cc2)c2ccccc2)cc1)OCC(OC)OCCc1ccc(-c2ccc(-c3nnc(-c4ccc(C(C)(C)C)cc4)o3)cc2)cc1)C(=O)CCCc1ccc(N(c2ccccc2)c2ccccc2)cc1. The average molecular weight is 1440 g/mol. The molecular formula is C100H97N3O6. The Morgan fingerprint density at radius 3 is 1.22 bits per heavy atom. The van der Waals surface area contributed by atoms with E-state index in [0.717, 1.165) is 102 Å². The number of nitrogens with zero attached hydrogens (tertiary/aromatic N) is 3. The molecule has 0 saturated heterocycles. The lowest BCUT2D eigenvalue weighted by atomic mass is 9.77. The van der Waals surface area contributed by atoms with Gasteiger partial charge in [0.15, 0.2) is 12.6 Å². The number of rotatable bonds is 34. The molecule has 0 aliphatic rings. The number of Topliss-reactive ketones (excluding diaryl/α,β-unsaturated/α-hetero) is 1. The van der Waals surface area contributed by atoms with Crippen LogP contribution in [-0.4, -0.2) is 55.5 Å². The molecule has 0 radical (unpaired) electrons. The molecule has 548 valence electrons. The summed E-state index contributed by atoms with van der Waals surface area (Å²) in [6.07, 6.45) is 8.50. The summed E-state index contributed by atoms with van der Waals surface area (Å²) >= 11 is 0. The normalized spacial score (nSPS) is 12.8. The molecule has 0 spiro atoms. The van der Waals surface area contributed by atoms with Crippen molar-refractivity contribution in [3.05, 3.63) is 377 Å². The fraction of sp³-hybridized carbons (Fsp3) is 0.210. The summed E-state index contributed by atoms with van der Waals surface area (Å²) in [7, 11) is 1.64. The van der Waals surface area contributed by atoms with Crippen molar-refractivity contribution >= 4 is 46.1 Å². The topological polar surface area (TPSA) is 96.1 Å². The summed E-state index contributed by atoms with van der Waals surface area (Å²) in [6.45, 7) is 11.8. The van der Waals surface area contributed by atoms with Crippen LogP contribution in [0.5, 0.6) is 0 Å². The van der Waals surface area contributed by atoms with Gasteiger partial charge >= 0.3 is 0 Å². The van der Waals surface area contributed by atoms with Gasteiger partial charge in [-0.05, 0) is 212 Å². The Labute approximate surface area is 644 Å². The number of aryl methyl sites for hydroxylation is 1. The highest BCUT2D eigenvalue weighted by molar-refractivity contribution is 5.93. The molecule has 0 amide bonds. The van der Waals surface area contributed by atoms with Crippen molar-refractivity contribution in [1.82, 2.24) is 10.2 Å². The molecule has 109 heavy (non-hydrogen) atoms. The third-order valence-corrected chi connectivity index (χ3v) is 20.7. The maximum atomic E-state index is 14.4. The number of anilines is 3. The second-order valence-corrected chi connectivity index (χ2v) is 29.2. The van der Waals surface area contributed by atoms with Crippen molar-refractivity contribution in [2.45, 2.75) is 104 Å². The van der Waals surface area contributed by atoms with Crippen molar-refractivity contribution in [3.8, 4) is 45.2 Å². The zero-order valence-corrected chi connectivity index (χ0v) is 63.5. The van der Waals surface area contributed by atoms with Gasteiger partial charge in [0.2, 0.25) is 11.8 Å². The maximum absolute atomic E-state index is 14.4. The van der Waals surface area contributed by atoms with E-state index in [2.05, 4.69) is 347 Å². The average Bonchev–Trinajstić information content (AvgIpc) is 1.81. The number of carbonyl (C=O) groups excluding carboxylic acids is 1. The van der Waals surface area contributed by atoms with Gasteiger partial charge in [0.1, 0.15) is 12.4 Å². The Balaban J connectivity index is 0.641. The number of hydrogen-bond acceptors (Lipinski definition) is 9. The molecule has 0 N–H and O–H groups in total. The Morgan fingerprint density at radius 1 is 0.413 bits per heavy atom. The number of para-hydroxylation sites is 2. The number of benzene rings is 12. The van der Waals surface area contributed by atoms with Crippen molar-refractivity contribution in [1.29, 1.82) is 0 Å². The minimum atomic E-state index is -0.640. The molecule has 3 atom stereocenters. The molecule has 0 aliphatic heterocycles. The lowest BCUT2D eigenvalue weighted by Gasteiger charge is -2.29. The van der Waals surface area contributed by atoms with E-state index in [9.17, 15) is 4.79 Å². The lowest BCUT2D eigenvalue weighted by Crippen LogP contribution is -2.32. The van der Waals surface area contributed by atoms with E-state index in [1.807, 2.05) is 36.4 Å². The minimum Gasteiger partial charge on any atom is -0.416 e. The quantitative estimate of drug-likeness (QED) is 0.0289. The molecule has 0 saturated carbocycles. The molecule has 9 heteroatoms. The molecule has 13 rings (SSSR count). The molecule has 3 unspecified atom stereocenters. The second-order valence-electron chi connectivity index (χ2n) is 29.2. The number of ether oxygens (including phenoxy) is 4. The zero-order valence-electron chi connectivity index (χ0n) is 63.5. The number of aromatic nitrogens is 2. The molecule has 0 fully saturated rings. The van der Waals surface area contributed by atoms with E-state index in [0.29, 0.717) is 63.5 Å². The summed E-state index contributed by atoms with van der Waals surface area (Å²) in [4.78, 5) is 16.7. The van der Waals surface area contributed by atoms with Gasteiger partial charge in [-0.2, -0.15) is 0 Å². The van der Waals surface area contributed by atoms with Crippen LogP contribution in [0.25, 0.3) is 68.5 Å². The smallest absolute Gasteiger partial charge is 0.248 e. The fourth-order valence-electron chi connectivity index (χ4n) is 13.8. The first kappa shape index (κ1) is 75.8. The van der Waals surface area contributed by atoms with Crippen LogP contribution < -0.4 is 4.90 Å². The van der Waals surface area contributed by atoms with E-state index in [1.54, 1.807) is 7.11 Å². The summed E-state index contributed by atoms with van der Waals surface area (Å²) < 4.78 is 31.7. The molecule has 0 bridgehead atoms. The van der Waals surface area contributed by atoms with Crippen molar-refractivity contribution in [3.63, 3.8) is 0 Å². The highest BCUT2D eigenvalue weighted by atomic mass is 16.7. The van der Waals surface area contributed by atoms with Crippen LogP contribution in [0.3, 0.4) is 0 Å². The highest BCUT2D eigenvalue weighted by Crippen LogP contribution is 2.38. The first-order valence-electron chi connectivity index (χ1n) is 38.3. The van der Waals surface area contributed by atoms with E-state index in [4.69, 9.17) is 23.4 Å². The van der Waals surface area contributed by atoms with Crippen LogP contribution in [-0.2, 0) is 48.4 Å². The van der Waals surface area contributed by atoms with Crippen LogP contribution in [0, 0.1) is 5.41 Å². The molecular weight excluding hydrogens is 1340 g/mol. The van der Waals surface area contributed by atoms with Crippen LogP contribution in [0.15, 0.2) is 326 Å². The summed E-state index contributed by atoms with van der Waals surface area (Å²) in [5.74, 6) is 1.23. The van der Waals surface area contributed by atoms with Gasteiger partial charge in [0, 0.05) is 47.1 Å². The monoisotopic (exact) mass is 1440 g/mol. The van der Waals surface area contributed by atoms with Crippen LogP contribution in [0.4, 0.5) is 17.1 Å². The van der Waals surface area contributed by atoms with Crippen molar-refractivity contribution in [2.75, 3.05) is 31.8 Å². The fourth-order valence-corrected chi connectivity index (χ4v) is 13.8. The summed E-state index contributed by atoms with van der Waals surface area (Å²) in [6, 6.07) is 113. The standard InChI is InChI=1S/C100H97N3O6/c1-7-100(5,94(104)35-23-24-73-44-62-91(63-45-73)103(89-31-19-11-20-32-89)90-33-21-12-22-34-90)67-64-95(108-72-96(105-6)107-69-66-74-36-46-78(47-37-74)81-54-56-86(57-55-81)97-101-102-98(109-97)87-58-60-88(61-59-87)99(2,3)4)106-68-65-75-38-52-85(53-39-75)93(84-29-17-10-18-30-84)71-77-42-50-80(51-43-77)79-48-40-76(41-49-79)70-92(82-25-13-8-14-26-82)83-27-15-9-16-28-83/h8-22,25-34,36-63,70-71,95-96H,7,23-24,35,64-69,72H2,1-6H3. The van der Waals surface area contributed by atoms with Gasteiger partial charge in [0.25, 0.3) is 0 Å². The Hall–Kier alpha value is -11.4. The zero-order chi connectivity index (χ0) is 75.2.